The maximum atomic E-state index is 12.9. The van der Waals surface area contributed by atoms with E-state index >= 15 is 0 Å². The van der Waals surface area contributed by atoms with Crippen molar-refractivity contribution in [3.05, 3.63) is 110 Å². The van der Waals surface area contributed by atoms with Crippen LogP contribution >= 0.6 is 34.4 Å². The van der Waals surface area contributed by atoms with Gasteiger partial charge in [0.1, 0.15) is 18.9 Å². The quantitative estimate of drug-likeness (QED) is 0.159. The van der Waals surface area contributed by atoms with E-state index in [9.17, 15) is 27.6 Å². The van der Waals surface area contributed by atoms with Crippen molar-refractivity contribution in [2.24, 2.45) is 0 Å². The molecule has 0 aliphatic carbocycles. The summed E-state index contributed by atoms with van der Waals surface area (Å²) in [5.41, 5.74) is 0.662. The number of amides is 3. The van der Waals surface area contributed by atoms with Crippen molar-refractivity contribution in [2.75, 3.05) is 11.9 Å². The van der Waals surface area contributed by atoms with Crippen molar-refractivity contribution in [2.45, 2.75) is 12.8 Å². The first-order valence-electron chi connectivity index (χ1n) is 12.2. The lowest BCUT2D eigenvalue weighted by atomic mass is 10.1. The van der Waals surface area contributed by atoms with E-state index in [2.05, 4.69) is 34.0 Å². The van der Waals surface area contributed by atoms with Crippen molar-refractivity contribution in [3.63, 3.8) is 0 Å². The van der Waals surface area contributed by atoms with Gasteiger partial charge in [0.15, 0.2) is 0 Å². The van der Waals surface area contributed by atoms with Crippen LogP contribution in [0.3, 0.4) is 0 Å². The molecule has 1 saturated heterocycles. The topological polar surface area (TPSA) is 75.7 Å². The van der Waals surface area contributed by atoms with Crippen molar-refractivity contribution in [1.29, 1.82) is 0 Å². The van der Waals surface area contributed by atoms with Gasteiger partial charge < -0.3 is 10.1 Å². The summed E-state index contributed by atoms with van der Waals surface area (Å²) >= 11 is 2.82. The summed E-state index contributed by atoms with van der Waals surface area (Å²) in [7, 11) is 0. The molecule has 0 aromatic heterocycles. The van der Waals surface area contributed by atoms with E-state index in [1.165, 1.54) is 6.07 Å². The highest BCUT2D eigenvalue weighted by Crippen LogP contribution is 2.34. The van der Waals surface area contributed by atoms with E-state index < -0.39 is 35.3 Å². The lowest BCUT2D eigenvalue weighted by Crippen LogP contribution is -2.36. The van der Waals surface area contributed by atoms with Gasteiger partial charge in [-0.05, 0) is 98.7 Å². The molecular formula is C30H20F3IN2O4S. The average Bonchev–Trinajstić information content (AvgIpc) is 3.19. The lowest BCUT2D eigenvalue weighted by molar-refractivity contribution is -0.137. The number of ether oxygens (including phenoxy) is 1. The van der Waals surface area contributed by atoms with Crippen LogP contribution in [0, 0.1) is 3.57 Å². The number of benzene rings is 4. The molecule has 4 aromatic rings. The highest BCUT2D eigenvalue weighted by Gasteiger charge is 2.36. The smallest absolute Gasteiger partial charge is 0.416 e. The SMILES string of the molecule is O=C(CN1C(=O)S/C(=C\c2ccc(OCc3ccc4ccccc4c3)c(I)c2)C1=O)Nc1cccc(C(F)(F)F)c1. The molecular weight excluding hydrogens is 668 g/mol. The van der Waals surface area contributed by atoms with Gasteiger partial charge in [-0.2, -0.15) is 13.2 Å². The first-order valence-corrected chi connectivity index (χ1v) is 14.1. The summed E-state index contributed by atoms with van der Waals surface area (Å²) in [6, 6.07) is 23.6. The molecule has 5 rings (SSSR count). The van der Waals surface area contributed by atoms with Gasteiger partial charge >= 0.3 is 6.18 Å². The number of thioether (sulfide) groups is 1. The number of halogens is 4. The largest absolute Gasteiger partial charge is 0.488 e. The molecule has 41 heavy (non-hydrogen) atoms. The molecule has 0 radical (unpaired) electrons. The number of nitrogens with zero attached hydrogens (tertiary/aromatic N) is 1. The molecule has 0 saturated carbocycles. The predicted octanol–water partition coefficient (Wildman–Crippen LogP) is 7.72. The average molecular weight is 688 g/mol. The number of anilines is 1. The fourth-order valence-electron chi connectivity index (χ4n) is 4.12. The Kier molecular flexibility index (Phi) is 8.36. The molecule has 1 aliphatic heterocycles. The minimum Gasteiger partial charge on any atom is -0.488 e. The maximum Gasteiger partial charge on any atom is 0.416 e. The summed E-state index contributed by atoms with van der Waals surface area (Å²) in [5.74, 6) is -0.795. The number of carbonyl (C=O) groups excluding carboxylic acids is 3. The summed E-state index contributed by atoms with van der Waals surface area (Å²) in [5, 5.41) is 3.93. The van der Waals surface area contributed by atoms with Crippen molar-refractivity contribution in [1.82, 2.24) is 4.90 Å². The number of rotatable bonds is 7. The maximum absolute atomic E-state index is 12.9. The molecule has 0 spiro atoms. The van der Waals surface area contributed by atoms with Gasteiger partial charge in [0.2, 0.25) is 5.91 Å². The number of imide groups is 1. The summed E-state index contributed by atoms with van der Waals surface area (Å²) in [4.78, 5) is 38.6. The van der Waals surface area contributed by atoms with Crippen LogP contribution in [0.15, 0.2) is 89.8 Å². The Labute approximate surface area is 250 Å². The van der Waals surface area contributed by atoms with E-state index in [0.717, 1.165) is 43.0 Å². The van der Waals surface area contributed by atoms with E-state index in [1.54, 1.807) is 18.2 Å². The van der Waals surface area contributed by atoms with Crippen LogP contribution in [0.1, 0.15) is 16.7 Å². The third kappa shape index (κ3) is 6.91. The van der Waals surface area contributed by atoms with Crippen molar-refractivity contribution >= 4 is 73.9 Å². The summed E-state index contributed by atoms with van der Waals surface area (Å²) < 4.78 is 45.6. The second kappa shape index (κ2) is 12.0. The highest BCUT2D eigenvalue weighted by atomic mass is 127. The van der Waals surface area contributed by atoms with Gasteiger partial charge in [-0.1, -0.05) is 48.5 Å². The standard InChI is InChI=1S/C30H20F3IN2O4S/c31-30(32,33)22-6-3-7-23(15-22)35-27(37)16-36-28(38)26(41-29(36)39)14-18-9-11-25(24(34)13-18)40-17-19-8-10-20-4-1-2-5-21(20)12-19/h1-15H,16-17H2,(H,35,37)/b26-14-. The fourth-order valence-corrected chi connectivity index (χ4v) is 5.65. The molecule has 1 aliphatic rings. The third-order valence-corrected chi connectivity index (χ3v) is 7.86. The third-order valence-electron chi connectivity index (χ3n) is 6.11. The number of hydrogen-bond acceptors (Lipinski definition) is 5. The minimum absolute atomic E-state index is 0.0927. The fraction of sp³-hybridized carbons (Fsp3) is 0.100. The van der Waals surface area contributed by atoms with Crippen molar-refractivity contribution < 1.29 is 32.3 Å². The molecule has 3 amide bonds. The first-order chi connectivity index (χ1) is 19.6. The van der Waals surface area contributed by atoms with Crippen LogP contribution in [0.2, 0.25) is 0 Å². The first kappa shape index (κ1) is 28.7. The zero-order chi connectivity index (χ0) is 29.1. The van der Waals surface area contributed by atoms with Crippen LogP contribution in [-0.4, -0.2) is 28.5 Å². The molecule has 0 bridgehead atoms. The van der Waals surface area contributed by atoms with Crippen LogP contribution in [0.4, 0.5) is 23.7 Å². The Morgan fingerprint density at radius 2 is 1.73 bits per heavy atom. The Bertz CT molecular complexity index is 1710. The molecule has 1 heterocycles. The molecule has 208 valence electrons. The van der Waals surface area contributed by atoms with E-state index in [1.807, 2.05) is 42.5 Å². The second-order valence-electron chi connectivity index (χ2n) is 9.05. The molecule has 0 unspecified atom stereocenters. The lowest BCUT2D eigenvalue weighted by Gasteiger charge is -2.13. The highest BCUT2D eigenvalue weighted by molar-refractivity contribution is 14.1. The monoisotopic (exact) mass is 688 g/mol. The van der Waals surface area contributed by atoms with Gasteiger partial charge in [0.25, 0.3) is 11.1 Å². The van der Waals surface area contributed by atoms with Gasteiger partial charge in [0, 0.05) is 5.69 Å². The molecule has 1 fully saturated rings. The summed E-state index contributed by atoms with van der Waals surface area (Å²) in [6.45, 7) is -0.251. The van der Waals surface area contributed by atoms with Crippen LogP contribution < -0.4 is 10.1 Å². The van der Waals surface area contributed by atoms with Gasteiger partial charge in [0.05, 0.1) is 14.0 Å². The zero-order valence-electron chi connectivity index (χ0n) is 21.1. The van der Waals surface area contributed by atoms with E-state index in [4.69, 9.17) is 4.74 Å². The molecule has 4 aromatic carbocycles. The number of fused-ring (bicyclic) bond motifs is 1. The molecule has 0 atom stereocenters. The van der Waals surface area contributed by atoms with Crippen molar-refractivity contribution in [3.8, 4) is 5.75 Å². The Balaban J connectivity index is 1.21. The number of hydrogen-bond donors (Lipinski definition) is 1. The predicted molar refractivity (Wildman–Crippen MR) is 160 cm³/mol. The minimum atomic E-state index is -4.57. The Hall–Kier alpha value is -3.84. The molecule has 6 nitrogen and oxygen atoms in total. The zero-order valence-corrected chi connectivity index (χ0v) is 24.0. The van der Waals surface area contributed by atoms with Gasteiger partial charge in [-0.25, -0.2) is 0 Å². The normalized spacial score (nSPS) is 14.6. The van der Waals surface area contributed by atoms with Crippen LogP contribution in [0.5, 0.6) is 5.75 Å². The summed E-state index contributed by atoms with van der Waals surface area (Å²) in [6.07, 6.45) is -3.03. The number of nitrogens with one attached hydrogen (secondary N) is 1. The Morgan fingerprint density at radius 1 is 0.951 bits per heavy atom. The van der Waals surface area contributed by atoms with Gasteiger partial charge in [-0.15, -0.1) is 0 Å². The number of carbonyl (C=O) groups is 3. The van der Waals surface area contributed by atoms with Crippen LogP contribution in [-0.2, 0) is 22.4 Å². The van der Waals surface area contributed by atoms with E-state index in [-0.39, 0.29) is 10.6 Å². The van der Waals surface area contributed by atoms with E-state index in [0.29, 0.717) is 29.7 Å². The second-order valence-corrected chi connectivity index (χ2v) is 11.2. The number of alkyl halides is 3. The Morgan fingerprint density at radius 3 is 2.49 bits per heavy atom. The molecule has 11 heteroatoms. The molecule has 1 N–H and O–H groups in total. The van der Waals surface area contributed by atoms with Gasteiger partial charge in [-0.3, -0.25) is 19.3 Å². The van der Waals surface area contributed by atoms with Crippen LogP contribution in [0.25, 0.3) is 16.8 Å².